The van der Waals surface area contributed by atoms with Crippen molar-refractivity contribution >= 4 is 25.5 Å². The highest BCUT2D eigenvalue weighted by atomic mass is 32.2. The molecule has 0 amide bonds. The van der Waals surface area contributed by atoms with Gasteiger partial charge in [-0.2, -0.15) is 0 Å². The molecule has 1 aromatic carbocycles. The van der Waals surface area contributed by atoms with Crippen molar-refractivity contribution < 1.29 is 26.7 Å². The zero-order valence-corrected chi connectivity index (χ0v) is 15.2. The van der Waals surface area contributed by atoms with Crippen LogP contribution < -0.4 is 4.72 Å². The number of aryl methyl sites for hydroxylation is 1. The van der Waals surface area contributed by atoms with Gasteiger partial charge < -0.3 is 9.84 Å². The van der Waals surface area contributed by atoms with Gasteiger partial charge in [0.2, 0.25) is 10.0 Å². The Labute approximate surface area is 143 Å². The maximum atomic E-state index is 12.3. The molecule has 2 rings (SSSR count). The highest BCUT2D eigenvalue weighted by Gasteiger charge is 2.23. The molecule has 136 valence electrons. The summed E-state index contributed by atoms with van der Waals surface area (Å²) in [5.74, 6) is -0.479. The summed E-state index contributed by atoms with van der Waals surface area (Å²) < 4.78 is 56.3. The summed E-state index contributed by atoms with van der Waals surface area (Å²) in [7, 11) is -7.14. The molecule has 1 fully saturated rings. The van der Waals surface area contributed by atoms with E-state index in [1.165, 1.54) is 18.2 Å². The van der Waals surface area contributed by atoms with Crippen molar-refractivity contribution in [2.75, 3.05) is 29.4 Å². The Morgan fingerprint density at radius 3 is 2.58 bits per heavy atom. The standard InChI is InChI=1S/C15H23NO6S2/c1-12-10-14(23(18,19)9-7-17)5-6-15(12)16-24(20,21)11-13-4-2-3-8-22-13/h5-6,10,13,16-17H,2-4,7-9,11H2,1H3/t13-/m1/s1. The van der Waals surface area contributed by atoms with E-state index >= 15 is 0 Å². The SMILES string of the molecule is Cc1cc(S(=O)(=O)CCO)ccc1NS(=O)(=O)C[C@H]1CCCCO1. The van der Waals surface area contributed by atoms with E-state index in [2.05, 4.69) is 4.72 Å². The lowest BCUT2D eigenvalue weighted by Crippen LogP contribution is -2.31. The van der Waals surface area contributed by atoms with Crippen molar-refractivity contribution in [3.8, 4) is 0 Å². The Kier molecular flexibility index (Phi) is 6.24. The molecule has 1 saturated heterocycles. The molecule has 0 radical (unpaired) electrons. The van der Waals surface area contributed by atoms with Crippen LogP contribution in [0.25, 0.3) is 0 Å². The van der Waals surface area contributed by atoms with Crippen LogP contribution >= 0.6 is 0 Å². The minimum atomic E-state index is -3.58. The first-order valence-corrected chi connectivity index (χ1v) is 11.1. The molecule has 1 atom stereocenters. The Bertz CT molecular complexity index is 767. The molecule has 9 heteroatoms. The van der Waals surface area contributed by atoms with Crippen molar-refractivity contribution in [2.24, 2.45) is 0 Å². The zero-order chi connectivity index (χ0) is 17.8. The number of rotatable bonds is 7. The molecule has 0 spiro atoms. The molecule has 1 aliphatic rings. The molecule has 2 N–H and O–H groups in total. The Balaban J connectivity index is 2.12. The number of hydrogen-bond donors (Lipinski definition) is 2. The Morgan fingerprint density at radius 2 is 2.00 bits per heavy atom. The minimum absolute atomic E-state index is 0.0626. The van der Waals surface area contributed by atoms with E-state index in [0.29, 0.717) is 17.9 Å². The number of sulfonamides is 1. The van der Waals surface area contributed by atoms with Gasteiger partial charge in [0.1, 0.15) is 0 Å². The highest BCUT2D eigenvalue weighted by Crippen LogP contribution is 2.22. The maximum absolute atomic E-state index is 12.3. The van der Waals surface area contributed by atoms with Crippen molar-refractivity contribution in [3.63, 3.8) is 0 Å². The van der Waals surface area contributed by atoms with Gasteiger partial charge in [-0.15, -0.1) is 0 Å². The van der Waals surface area contributed by atoms with E-state index in [0.717, 1.165) is 19.3 Å². The van der Waals surface area contributed by atoms with Crippen LogP contribution in [0.4, 0.5) is 5.69 Å². The lowest BCUT2D eigenvalue weighted by atomic mass is 10.1. The molecule has 0 unspecified atom stereocenters. The van der Waals surface area contributed by atoms with Gasteiger partial charge in [-0.1, -0.05) is 0 Å². The summed E-state index contributed by atoms with van der Waals surface area (Å²) in [5, 5.41) is 8.81. The smallest absolute Gasteiger partial charge is 0.235 e. The summed E-state index contributed by atoms with van der Waals surface area (Å²) in [6.07, 6.45) is 2.32. The second-order valence-corrected chi connectivity index (χ2v) is 9.77. The largest absolute Gasteiger partial charge is 0.395 e. The first-order valence-electron chi connectivity index (χ1n) is 7.80. The molecule has 24 heavy (non-hydrogen) atoms. The van der Waals surface area contributed by atoms with Crippen LogP contribution in [0.1, 0.15) is 24.8 Å². The number of aliphatic hydroxyl groups is 1. The number of nitrogens with one attached hydrogen (secondary N) is 1. The van der Waals surface area contributed by atoms with Gasteiger partial charge in [0.25, 0.3) is 0 Å². The molecular weight excluding hydrogens is 354 g/mol. The topological polar surface area (TPSA) is 110 Å². The molecule has 0 saturated carbocycles. The van der Waals surface area contributed by atoms with Crippen LogP contribution in [0.3, 0.4) is 0 Å². The van der Waals surface area contributed by atoms with Gasteiger partial charge >= 0.3 is 0 Å². The van der Waals surface area contributed by atoms with Gasteiger partial charge in [0, 0.05) is 6.61 Å². The normalized spacial score (nSPS) is 19.2. The van der Waals surface area contributed by atoms with E-state index in [4.69, 9.17) is 9.84 Å². The summed E-state index contributed by atoms with van der Waals surface area (Å²) in [6.45, 7) is 1.75. The van der Waals surface area contributed by atoms with Crippen LogP contribution in [0, 0.1) is 6.92 Å². The van der Waals surface area contributed by atoms with Crippen LogP contribution in [0.15, 0.2) is 23.1 Å². The number of benzene rings is 1. The molecule has 0 aromatic heterocycles. The average Bonchev–Trinajstić information content (AvgIpc) is 2.49. The summed E-state index contributed by atoms with van der Waals surface area (Å²) in [6, 6.07) is 4.17. The molecular formula is C15H23NO6S2. The first kappa shape index (κ1) is 19.2. The van der Waals surface area contributed by atoms with Gasteiger partial charge in [-0.05, 0) is 49.9 Å². The number of anilines is 1. The van der Waals surface area contributed by atoms with E-state index < -0.39 is 26.5 Å². The summed E-state index contributed by atoms with van der Waals surface area (Å²) in [4.78, 5) is 0.0626. The first-order chi connectivity index (χ1) is 11.2. The van der Waals surface area contributed by atoms with Crippen molar-refractivity contribution in [3.05, 3.63) is 23.8 Å². The predicted molar refractivity (Wildman–Crippen MR) is 91.3 cm³/mol. The van der Waals surface area contributed by atoms with Gasteiger partial charge in [0.15, 0.2) is 9.84 Å². The summed E-state index contributed by atoms with van der Waals surface area (Å²) >= 11 is 0. The van der Waals surface area contributed by atoms with Crippen LogP contribution in [0.2, 0.25) is 0 Å². The highest BCUT2D eigenvalue weighted by molar-refractivity contribution is 7.92. The predicted octanol–water partition coefficient (Wildman–Crippen LogP) is 1.07. The van der Waals surface area contributed by atoms with Crippen molar-refractivity contribution in [1.82, 2.24) is 0 Å². The van der Waals surface area contributed by atoms with Crippen molar-refractivity contribution in [1.29, 1.82) is 0 Å². The van der Waals surface area contributed by atoms with E-state index in [1.54, 1.807) is 6.92 Å². The molecule has 1 aromatic rings. The molecule has 1 heterocycles. The number of aliphatic hydroxyl groups excluding tert-OH is 1. The summed E-state index contributed by atoms with van der Waals surface area (Å²) in [5.41, 5.74) is 0.843. The number of ether oxygens (including phenoxy) is 1. The lowest BCUT2D eigenvalue weighted by molar-refractivity contribution is 0.0306. The van der Waals surface area contributed by atoms with Crippen LogP contribution in [-0.2, 0) is 24.6 Å². The lowest BCUT2D eigenvalue weighted by Gasteiger charge is -2.22. The zero-order valence-electron chi connectivity index (χ0n) is 13.6. The second kappa shape index (κ2) is 7.81. The van der Waals surface area contributed by atoms with E-state index in [1.807, 2.05) is 0 Å². The Morgan fingerprint density at radius 1 is 1.25 bits per heavy atom. The van der Waals surface area contributed by atoms with Gasteiger partial charge in [0.05, 0.1) is 34.8 Å². The monoisotopic (exact) mass is 377 g/mol. The second-order valence-electron chi connectivity index (χ2n) is 5.89. The fourth-order valence-electron chi connectivity index (χ4n) is 2.57. The number of sulfone groups is 1. The minimum Gasteiger partial charge on any atom is -0.395 e. The fraction of sp³-hybridized carbons (Fsp3) is 0.600. The third-order valence-electron chi connectivity index (χ3n) is 3.86. The molecule has 1 aliphatic heterocycles. The van der Waals surface area contributed by atoms with Crippen LogP contribution in [0.5, 0.6) is 0 Å². The molecule has 0 bridgehead atoms. The Hall–Kier alpha value is -1.16. The quantitative estimate of drug-likeness (QED) is 0.736. The molecule has 7 nitrogen and oxygen atoms in total. The third kappa shape index (κ3) is 5.17. The third-order valence-corrected chi connectivity index (χ3v) is 6.90. The maximum Gasteiger partial charge on any atom is 0.235 e. The van der Waals surface area contributed by atoms with Gasteiger partial charge in [-0.25, -0.2) is 16.8 Å². The fourth-order valence-corrected chi connectivity index (χ4v) is 5.08. The van der Waals surface area contributed by atoms with Crippen LogP contribution in [-0.4, -0.2) is 52.8 Å². The van der Waals surface area contributed by atoms with Crippen molar-refractivity contribution in [2.45, 2.75) is 37.2 Å². The molecule has 0 aliphatic carbocycles. The number of hydrogen-bond acceptors (Lipinski definition) is 6. The van der Waals surface area contributed by atoms with Gasteiger partial charge in [-0.3, -0.25) is 4.72 Å². The average molecular weight is 377 g/mol. The van der Waals surface area contributed by atoms with E-state index in [-0.39, 0.29) is 22.5 Å². The van der Waals surface area contributed by atoms with E-state index in [9.17, 15) is 16.8 Å².